The highest BCUT2D eigenvalue weighted by Gasteiger charge is 2.25. The van der Waals surface area contributed by atoms with Gasteiger partial charge in [-0.2, -0.15) is 0 Å². The highest BCUT2D eigenvalue weighted by atomic mass is 31.2. The van der Waals surface area contributed by atoms with Crippen LogP contribution in [0.1, 0.15) is 136 Å². The number of carbonyl (C=O) groups is 2. The zero-order valence-corrected chi connectivity index (χ0v) is 36.5. The Bertz CT molecular complexity index is 1330. The fourth-order valence-electron chi connectivity index (χ4n) is 5.05. The van der Waals surface area contributed by atoms with Gasteiger partial charge in [-0.3, -0.25) is 18.6 Å². The molecule has 4 N–H and O–H groups in total. The molecule has 0 aromatic rings. The summed E-state index contributed by atoms with van der Waals surface area (Å²) in [5, 5.41) is 9.83. The van der Waals surface area contributed by atoms with Gasteiger partial charge in [0.1, 0.15) is 6.61 Å². The van der Waals surface area contributed by atoms with Crippen LogP contribution >= 0.6 is 7.82 Å². The first-order valence-corrected chi connectivity index (χ1v) is 23.0. The van der Waals surface area contributed by atoms with Crippen LogP contribution in [0.15, 0.2) is 109 Å². The van der Waals surface area contributed by atoms with Gasteiger partial charge in [-0.1, -0.05) is 155 Å². The third-order valence-corrected chi connectivity index (χ3v) is 9.22. The third kappa shape index (κ3) is 40.8. The summed E-state index contributed by atoms with van der Waals surface area (Å²) in [6.45, 7) is 3.33. The van der Waals surface area contributed by atoms with Crippen LogP contribution < -0.4 is 5.73 Å². The molecule has 0 radical (unpaired) electrons. The van der Waals surface area contributed by atoms with E-state index in [1.807, 2.05) is 54.7 Å². The molecule has 0 fully saturated rings. The van der Waals surface area contributed by atoms with E-state index >= 15 is 0 Å². The van der Waals surface area contributed by atoms with Crippen LogP contribution in [-0.2, 0) is 32.7 Å². The van der Waals surface area contributed by atoms with Gasteiger partial charge in [0.2, 0.25) is 0 Å². The summed E-state index contributed by atoms with van der Waals surface area (Å²) in [5.74, 6) is -1.02. The lowest BCUT2D eigenvalue weighted by Gasteiger charge is -2.19. The van der Waals surface area contributed by atoms with Gasteiger partial charge in [0, 0.05) is 19.4 Å². The second-order valence-electron chi connectivity index (χ2n) is 13.7. The van der Waals surface area contributed by atoms with Crippen molar-refractivity contribution in [3.8, 4) is 0 Å². The summed E-state index contributed by atoms with van der Waals surface area (Å²) in [6, 6.07) is 0. The number of nitrogens with two attached hydrogens (primary N) is 1. The zero-order chi connectivity index (χ0) is 42.6. The van der Waals surface area contributed by atoms with Crippen molar-refractivity contribution >= 4 is 19.8 Å². The Morgan fingerprint density at radius 2 is 1.19 bits per heavy atom. The highest BCUT2D eigenvalue weighted by molar-refractivity contribution is 7.47. The smallest absolute Gasteiger partial charge is 0.462 e. The Kier molecular flexibility index (Phi) is 39.4. The van der Waals surface area contributed by atoms with Crippen molar-refractivity contribution < 1.29 is 42.7 Å². The van der Waals surface area contributed by atoms with Gasteiger partial charge in [0.05, 0.1) is 19.3 Å². The number of phosphoric acid groups is 1. The van der Waals surface area contributed by atoms with Crippen LogP contribution in [0.25, 0.3) is 0 Å². The molecule has 2 unspecified atom stereocenters. The van der Waals surface area contributed by atoms with Crippen molar-refractivity contribution in [1.29, 1.82) is 0 Å². The van der Waals surface area contributed by atoms with Crippen molar-refractivity contribution in [3.05, 3.63) is 109 Å². The molecule has 0 spiro atoms. The molecule has 58 heavy (non-hydrogen) atoms. The second kappa shape index (κ2) is 41.8. The van der Waals surface area contributed by atoms with Gasteiger partial charge in [-0.25, -0.2) is 4.57 Å². The molecule has 0 amide bonds. The maximum absolute atomic E-state index is 12.5. The van der Waals surface area contributed by atoms with Gasteiger partial charge in [0.25, 0.3) is 0 Å². The second-order valence-corrected chi connectivity index (χ2v) is 15.1. The van der Waals surface area contributed by atoms with Gasteiger partial charge in [-0.05, 0) is 77.0 Å². The van der Waals surface area contributed by atoms with Crippen molar-refractivity contribution in [2.24, 2.45) is 5.73 Å². The first-order valence-electron chi connectivity index (χ1n) is 21.5. The molecule has 0 bridgehead atoms. The standard InChI is InChI=1S/C47H76NO9P/c1-3-5-7-8-9-10-11-12-13-14-15-18-21-24-27-30-34-38-46(50)54-42-45(43-56-58(52,53)55-41-40-48)57-47(51)39-35-31-28-25-22-19-16-17-20-23-26-29-33-37-44(49)36-32-6-4-2/h6,12-13,15,17-20,22,24,26-29,31-33,37,44-45,49H,3-5,7-11,14,16,21,23,25,30,34-36,38-43,48H2,1-2H3,(H,52,53)/b13-12-,18-15-,20-17-,22-19-,27-24-,29-26+,31-28-,32-6-,37-33+/t44?,45-/m1/s1. The molecular formula is C47H76NO9P. The molecule has 3 atom stereocenters. The maximum atomic E-state index is 12.5. The molecule has 0 rings (SSSR count). The summed E-state index contributed by atoms with van der Waals surface area (Å²) in [6.07, 6.45) is 51.9. The molecule has 0 aliphatic carbocycles. The first kappa shape index (κ1) is 54.6. The van der Waals surface area contributed by atoms with Gasteiger partial charge in [0.15, 0.2) is 6.10 Å². The average Bonchev–Trinajstić information content (AvgIpc) is 3.20. The van der Waals surface area contributed by atoms with E-state index < -0.39 is 38.6 Å². The number of hydrogen-bond acceptors (Lipinski definition) is 9. The molecule has 0 aromatic carbocycles. The molecule has 0 heterocycles. The van der Waals surface area contributed by atoms with Crippen LogP contribution in [0, 0.1) is 0 Å². The molecule has 0 aliphatic rings. The Hall–Kier alpha value is -3.37. The minimum Gasteiger partial charge on any atom is -0.462 e. The van der Waals surface area contributed by atoms with E-state index in [0.29, 0.717) is 25.7 Å². The monoisotopic (exact) mass is 830 g/mol. The largest absolute Gasteiger partial charge is 0.472 e. The summed E-state index contributed by atoms with van der Waals surface area (Å²) >= 11 is 0. The minimum absolute atomic E-state index is 0.0227. The number of allylic oxidation sites excluding steroid dienone is 16. The molecule has 328 valence electrons. The fraction of sp³-hybridized carbons (Fsp3) is 0.574. The number of aliphatic hydroxyl groups is 1. The number of rotatable bonds is 38. The molecule has 0 saturated heterocycles. The Morgan fingerprint density at radius 3 is 1.81 bits per heavy atom. The van der Waals surface area contributed by atoms with Gasteiger partial charge in [-0.15, -0.1) is 0 Å². The van der Waals surface area contributed by atoms with Gasteiger partial charge >= 0.3 is 19.8 Å². The van der Waals surface area contributed by atoms with Crippen LogP contribution in [0.2, 0.25) is 0 Å². The lowest BCUT2D eigenvalue weighted by molar-refractivity contribution is -0.161. The van der Waals surface area contributed by atoms with Crippen LogP contribution in [0.3, 0.4) is 0 Å². The number of unbranched alkanes of at least 4 members (excludes halogenated alkanes) is 7. The average molecular weight is 830 g/mol. The van der Waals surface area contributed by atoms with E-state index in [1.54, 1.807) is 6.08 Å². The number of ether oxygens (including phenoxy) is 2. The van der Waals surface area contributed by atoms with E-state index in [9.17, 15) is 24.2 Å². The predicted molar refractivity (Wildman–Crippen MR) is 239 cm³/mol. The lowest BCUT2D eigenvalue weighted by Crippen LogP contribution is -2.29. The Morgan fingerprint density at radius 1 is 0.621 bits per heavy atom. The SMILES string of the molecule is CC/C=C\CC(O)/C=C/C=C/C/C=C\C/C=C\C/C=C\CCC(=O)O[C@H](COC(=O)CCC/C=C\C/C=C\C/C=C\CCCCCCCC)COP(=O)(O)OCCN. The molecule has 0 aliphatic heterocycles. The molecule has 10 nitrogen and oxygen atoms in total. The van der Waals surface area contributed by atoms with Crippen molar-refractivity contribution in [1.82, 2.24) is 0 Å². The van der Waals surface area contributed by atoms with E-state index in [2.05, 4.69) is 62.5 Å². The number of carbonyl (C=O) groups excluding carboxylic acids is 2. The predicted octanol–water partition coefficient (Wildman–Crippen LogP) is 11.4. The van der Waals surface area contributed by atoms with E-state index in [0.717, 1.165) is 44.9 Å². The third-order valence-electron chi connectivity index (χ3n) is 8.24. The quantitative estimate of drug-likeness (QED) is 0.0180. The maximum Gasteiger partial charge on any atom is 0.472 e. The Balaban J connectivity index is 4.44. The van der Waals surface area contributed by atoms with Crippen LogP contribution in [0.4, 0.5) is 0 Å². The van der Waals surface area contributed by atoms with E-state index in [1.165, 1.54) is 38.5 Å². The summed E-state index contributed by atoms with van der Waals surface area (Å²) in [4.78, 5) is 34.8. The zero-order valence-electron chi connectivity index (χ0n) is 35.6. The first-order chi connectivity index (χ1) is 28.2. The number of esters is 2. The topological polar surface area (TPSA) is 155 Å². The molecule has 11 heteroatoms. The normalized spacial score (nSPS) is 14.9. The van der Waals surface area contributed by atoms with E-state index in [4.69, 9.17) is 24.3 Å². The molecule has 0 aromatic heterocycles. The van der Waals surface area contributed by atoms with Crippen molar-refractivity contribution in [3.63, 3.8) is 0 Å². The van der Waals surface area contributed by atoms with Crippen LogP contribution in [-0.4, -0.2) is 60.5 Å². The summed E-state index contributed by atoms with van der Waals surface area (Å²) in [7, 11) is -4.43. The number of hydrogen-bond donors (Lipinski definition) is 3. The summed E-state index contributed by atoms with van der Waals surface area (Å²) < 4.78 is 32.6. The van der Waals surface area contributed by atoms with Crippen molar-refractivity contribution in [2.45, 2.75) is 148 Å². The van der Waals surface area contributed by atoms with E-state index in [-0.39, 0.29) is 32.6 Å². The number of phosphoric ester groups is 1. The molecular weight excluding hydrogens is 753 g/mol. The Labute approximate surface area is 351 Å². The van der Waals surface area contributed by atoms with Crippen LogP contribution in [0.5, 0.6) is 0 Å². The summed E-state index contributed by atoms with van der Waals surface area (Å²) in [5.41, 5.74) is 5.33. The van der Waals surface area contributed by atoms with Gasteiger partial charge < -0.3 is 25.2 Å². The number of aliphatic hydroxyl groups excluding tert-OH is 1. The molecule has 0 saturated carbocycles. The minimum atomic E-state index is -4.43. The fourth-order valence-corrected chi connectivity index (χ4v) is 5.82. The lowest BCUT2D eigenvalue weighted by atomic mass is 10.1. The highest BCUT2D eigenvalue weighted by Crippen LogP contribution is 2.43. The van der Waals surface area contributed by atoms with Crippen molar-refractivity contribution in [2.75, 3.05) is 26.4 Å².